The largest absolute Gasteiger partial charge is 0.480 e. The minimum atomic E-state index is -1.03. The number of nitrogens with zero attached hydrogens (tertiary/aromatic N) is 5. The lowest BCUT2D eigenvalue weighted by Crippen LogP contribution is -2.48. The van der Waals surface area contributed by atoms with Crippen molar-refractivity contribution < 1.29 is 14.7 Å². The molecule has 2 heterocycles. The van der Waals surface area contributed by atoms with Crippen LogP contribution in [0.2, 0.25) is 5.02 Å². The van der Waals surface area contributed by atoms with Crippen molar-refractivity contribution in [2.24, 2.45) is 0 Å². The summed E-state index contributed by atoms with van der Waals surface area (Å²) in [7, 11) is 0. The summed E-state index contributed by atoms with van der Waals surface area (Å²) in [5.74, 6) is -1.27. The van der Waals surface area contributed by atoms with Gasteiger partial charge < -0.3 is 14.9 Å². The van der Waals surface area contributed by atoms with Crippen molar-refractivity contribution in [1.29, 1.82) is 0 Å². The maximum atomic E-state index is 12.4. The number of carboxylic acid groups (broad SMARTS) is 1. The lowest BCUT2D eigenvalue weighted by molar-refractivity contribution is -0.137. The number of aliphatic carboxylic acids is 1. The third-order valence-electron chi connectivity index (χ3n) is 3.80. The van der Waals surface area contributed by atoms with Gasteiger partial charge in [0, 0.05) is 36.9 Å². The summed E-state index contributed by atoms with van der Waals surface area (Å²) in [6, 6.07) is 7.61. The van der Waals surface area contributed by atoms with E-state index in [1.807, 2.05) is 24.3 Å². The maximum Gasteiger partial charge on any atom is 0.325 e. The summed E-state index contributed by atoms with van der Waals surface area (Å²) < 4.78 is 1.14. The first-order valence-electron chi connectivity index (χ1n) is 7.44. The van der Waals surface area contributed by atoms with Gasteiger partial charge in [0.25, 0.3) is 5.91 Å². The van der Waals surface area contributed by atoms with E-state index in [-0.39, 0.29) is 18.1 Å². The number of halogens is 1. The van der Waals surface area contributed by atoms with Gasteiger partial charge in [0.15, 0.2) is 5.69 Å². The van der Waals surface area contributed by atoms with Crippen LogP contribution in [0.4, 0.5) is 5.69 Å². The van der Waals surface area contributed by atoms with Crippen LogP contribution in [0.1, 0.15) is 10.5 Å². The van der Waals surface area contributed by atoms with Crippen LogP contribution < -0.4 is 4.90 Å². The van der Waals surface area contributed by atoms with Crippen molar-refractivity contribution >= 4 is 29.2 Å². The van der Waals surface area contributed by atoms with E-state index in [0.717, 1.165) is 10.4 Å². The number of amides is 1. The first kappa shape index (κ1) is 16.3. The topological polar surface area (TPSA) is 91.6 Å². The number of rotatable bonds is 4. The van der Waals surface area contributed by atoms with Gasteiger partial charge in [-0.2, -0.15) is 0 Å². The molecular weight excluding hydrogens is 334 g/mol. The monoisotopic (exact) mass is 349 g/mol. The minimum Gasteiger partial charge on any atom is -0.480 e. The smallest absolute Gasteiger partial charge is 0.325 e. The second-order valence-electron chi connectivity index (χ2n) is 5.45. The van der Waals surface area contributed by atoms with Crippen LogP contribution in [-0.2, 0) is 11.3 Å². The van der Waals surface area contributed by atoms with Crippen LogP contribution in [0.15, 0.2) is 30.5 Å². The molecule has 0 spiro atoms. The Bertz CT molecular complexity index is 755. The zero-order chi connectivity index (χ0) is 17.1. The van der Waals surface area contributed by atoms with Crippen LogP contribution in [0.5, 0.6) is 0 Å². The highest BCUT2D eigenvalue weighted by molar-refractivity contribution is 6.30. The number of carbonyl (C=O) groups excluding carboxylic acids is 1. The number of hydrogen-bond acceptors (Lipinski definition) is 5. The molecule has 1 aromatic carbocycles. The molecule has 24 heavy (non-hydrogen) atoms. The standard InChI is InChI=1S/C15H16ClN5O3/c16-11-2-1-3-12(8-11)19-4-6-20(7-5-19)15(24)13-9-21(18-17-13)10-14(22)23/h1-3,8-9H,4-7,10H2,(H,22,23). The Hall–Kier alpha value is -2.61. The molecule has 0 aliphatic carbocycles. The number of carboxylic acids is 1. The zero-order valence-corrected chi connectivity index (χ0v) is 13.6. The molecule has 1 saturated heterocycles. The van der Waals surface area contributed by atoms with Gasteiger partial charge in [-0.25, -0.2) is 4.68 Å². The molecule has 2 aromatic rings. The predicted octanol–water partition coefficient (Wildman–Crippen LogP) is 0.978. The zero-order valence-electron chi connectivity index (χ0n) is 12.8. The summed E-state index contributed by atoms with van der Waals surface area (Å²) in [4.78, 5) is 26.9. The summed E-state index contributed by atoms with van der Waals surface area (Å²) >= 11 is 6.01. The number of carbonyl (C=O) groups is 2. The van der Waals surface area contributed by atoms with E-state index in [2.05, 4.69) is 15.2 Å². The van der Waals surface area contributed by atoms with Gasteiger partial charge >= 0.3 is 5.97 Å². The lowest BCUT2D eigenvalue weighted by atomic mass is 10.2. The average Bonchev–Trinajstić information content (AvgIpc) is 3.02. The Kier molecular flexibility index (Phi) is 4.66. The van der Waals surface area contributed by atoms with Gasteiger partial charge in [0.05, 0.1) is 6.20 Å². The fraction of sp³-hybridized carbons (Fsp3) is 0.333. The van der Waals surface area contributed by atoms with Gasteiger partial charge in [-0.15, -0.1) is 5.10 Å². The van der Waals surface area contributed by atoms with E-state index in [1.165, 1.54) is 6.20 Å². The fourth-order valence-corrected chi connectivity index (χ4v) is 2.80. The summed E-state index contributed by atoms with van der Waals surface area (Å²) in [6.45, 7) is 2.17. The molecule has 0 unspecified atom stereocenters. The molecule has 1 amide bonds. The Morgan fingerprint density at radius 2 is 1.96 bits per heavy atom. The molecule has 8 nitrogen and oxygen atoms in total. The molecule has 0 atom stereocenters. The van der Waals surface area contributed by atoms with Crippen molar-refractivity contribution in [3.63, 3.8) is 0 Å². The first-order valence-corrected chi connectivity index (χ1v) is 7.82. The summed E-state index contributed by atoms with van der Waals surface area (Å²) in [5, 5.41) is 16.8. The Morgan fingerprint density at radius 3 is 2.62 bits per heavy atom. The van der Waals surface area contributed by atoms with E-state index in [4.69, 9.17) is 16.7 Å². The van der Waals surface area contributed by atoms with E-state index in [0.29, 0.717) is 31.2 Å². The minimum absolute atomic E-state index is 0.160. The number of benzene rings is 1. The number of hydrogen-bond donors (Lipinski definition) is 1. The number of aromatic nitrogens is 3. The summed E-state index contributed by atoms with van der Waals surface area (Å²) in [5.41, 5.74) is 1.19. The van der Waals surface area contributed by atoms with Gasteiger partial charge in [0.2, 0.25) is 0 Å². The molecule has 1 aliphatic heterocycles. The quantitative estimate of drug-likeness (QED) is 0.884. The Balaban J connectivity index is 1.61. The highest BCUT2D eigenvalue weighted by atomic mass is 35.5. The normalized spacial score (nSPS) is 14.7. The molecule has 1 aliphatic rings. The Morgan fingerprint density at radius 1 is 1.21 bits per heavy atom. The van der Waals surface area contributed by atoms with Crippen LogP contribution >= 0.6 is 11.6 Å². The van der Waals surface area contributed by atoms with Gasteiger partial charge in [0.1, 0.15) is 6.54 Å². The van der Waals surface area contributed by atoms with Gasteiger partial charge in [-0.3, -0.25) is 9.59 Å². The van der Waals surface area contributed by atoms with Crippen LogP contribution in [-0.4, -0.2) is 63.1 Å². The van der Waals surface area contributed by atoms with Crippen LogP contribution in [0, 0.1) is 0 Å². The van der Waals surface area contributed by atoms with Gasteiger partial charge in [-0.05, 0) is 18.2 Å². The molecule has 9 heteroatoms. The van der Waals surface area contributed by atoms with Crippen molar-refractivity contribution in [2.45, 2.75) is 6.54 Å². The molecule has 0 saturated carbocycles. The van der Waals surface area contributed by atoms with Crippen molar-refractivity contribution in [3.05, 3.63) is 41.2 Å². The molecule has 1 aromatic heterocycles. The molecular formula is C15H16ClN5O3. The molecule has 126 valence electrons. The molecule has 0 radical (unpaired) electrons. The highest BCUT2D eigenvalue weighted by Crippen LogP contribution is 2.21. The average molecular weight is 350 g/mol. The fourth-order valence-electron chi connectivity index (χ4n) is 2.61. The van der Waals surface area contributed by atoms with E-state index < -0.39 is 5.97 Å². The summed E-state index contributed by atoms with van der Waals surface area (Å²) in [6.07, 6.45) is 1.36. The predicted molar refractivity (Wildman–Crippen MR) is 87.2 cm³/mol. The highest BCUT2D eigenvalue weighted by Gasteiger charge is 2.24. The lowest BCUT2D eigenvalue weighted by Gasteiger charge is -2.35. The van der Waals surface area contributed by atoms with Crippen LogP contribution in [0.3, 0.4) is 0 Å². The number of piperazine rings is 1. The van der Waals surface area contributed by atoms with E-state index in [9.17, 15) is 9.59 Å². The van der Waals surface area contributed by atoms with Crippen molar-refractivity contribution in [1.82, 2.24) is 19.9 Å². The molecule has 0 bridgehead atoms. The molecule has 3 rings (SSSR count). The van der Waals surface area contributed by atoms with E-state index in [1.54, 1.807) is 4.90 Å². The Labute approximate surface area is 143 Å². The second kappa shape index (κ2) is 6.88. The second-order valence-corrected chi connectivity index (χ2v) is 5.89. The first-order chi connectivity index (χ1) is 11.5. The molecule has 1 fully saturated rings. The third-order valence-corrected chi connectivity index (χ3v) is 4.03. The number of anilines is 1. The third kappa shape index (κ3) is 3.65. The van der Waals surface area contributed by atoms with Crippen molar-refractivity contribution in [3.8, 4) is 0 Å². The molecule has 1 N–H and O–H groups in total. The van der Waals surface area contributed by atoms with Crippen LogP contribution in [0.25, 0.3) is 0 Å². The van der Waals surface area contributed by atoms with Gasteiger partial charge in [-0.1, -0.05) is 22.9 Å². The maximum absolute atomic E-state index is 12.4. The van der Waals surface area contributed by atoms with Crippen molar-refractivity contribution in [2.75, 3.05) is 31.1 Å². The SMILES string of the molecule is O=C(O)Cn1cc(C(=O)N2CCN(c3cccc(Cl)c3)CC2)nn1. The van der Waals surface area contributed by atoms with E-state index >= 15 is 0 Å².